The van der Waals surface area contributed by atoms with Crippen molar-refractivity contribution in [3.63, 3.8) is 0 Å². The van der Waals surface area contributed by atoms with Crippen LogP contribution in [-0.4, -0.2) is 37.0 Å². The van der Waals surface area contributed by atoms with E-state index in [1.165, 1.54) is 22.4 Å². The van der Waals surface area contributed by atoms with Gasteiger partial charge in [0, 0.05) is 38.3 Å². The Morgan fingerprint density at radius 2 is 1.58 bits per heavy atom. The Hall–Kier alpha value is -2.29. The standard InChI is InChI=1S/C21H26N2O/c1-17-7-9-19(10-8-17)11-12-21(24)23-15-13-22(14-16-23)20-6-4-3-5-18(20)2/h3-10H,11-16H2,1-2H3. The average Bonchev–Trinajstić information content (AvgIpc) is 2.61. The summed E-state index contributed by atoms with van der Waals surface area (Å²) in [5.74, 6) is 0.278. The molecule has 3 nitrogen and oxygen atoms in total. The zero-order chi connectivity index (χ0) is 16.9. The largest absolute Gasteiger partial charge is 0.368 e. The Labute approximate surface area is 144 Å². The molecule has 0 bridgehead atoms. The summed E-state index contributed by atoms with van der Waals surface area (Å²) in [6.45, 7) is 7.71. The molecule has 1 aliphatic heterocycles. The number of piperazine rings is 1. The minimum Gasteiger partial charge on any atom is -0.368 e. The number of hydrogen-bond donors (Lipinski definition) is 0. The summed E-state index contributed by atoms with van der Waals surface area (Å²) in [5, 5.41) is 0. The second kappa shape index (κ2) is 7.52. The summed E-state index contributed by atoms with van der Waals surface area (Å²) < 4.78 is 0. The van der Waals surface area contributed by atoms with Crippen molar-refractivity contribution in [2.75, 3.05) is 31.1 Å². The molecule has 0 N–H and O–H groups in total. The fourth-order valence-electron chi connectivity index (χ4n) is 3.28. The minimum absolute atomic E-state index is 0.278. The Morgan fingerprint density at radius 1 is 0.917 bits per heavy atom. The molecule has 0 aromatic heterocycles. The fourth-order valence-corrected chi connectivity index (χ4v) is 3.28. The van der Waals surface area contributed by atoms with Crippen LogP contribution in [0, 0.1) is 13.8 Å². The molecule has 3 rings (SSSR count). The highest BCUT2D eigenvalue weighted by atomic mass is 16.2. The summed E-state index contributed by atoms with van der Waals surface area (Å²) in [6.07, 6.45) is 1.44. The van der Waals surface area contributed by atoms with Gasteiger partial charge in [-0.2, -0.15) is 0 Å². The maximum atomic E-state index is 12.5. The van der Waals surface area contributed by atoms with E-state index in [0.717, 1.165) is 32.6 Å². The van der Waals surface area contributed by atoms with Crippen molar-refractivity contribution in [3.05, 3.63) is 65.2 Å². The summed E-state index contributed by atoms with van der Waals surface area (Å²) in [7, 11) is 0. The van der Waals surface area contributed by atoms with E-state index in [9.17, 15) is 4.79 Å². The second-order valence-corrected chi connectivity index (χ2v) is 6.64. The van der Waals surface area contributed by atoms with E-state index >= 15 is 0 Å². The molecule has 126 valence electrons. The second-order valence-electron chi connectivity index (χ2n) is 6.64. The van der Waals surface area contributed by atoms with Gasteiger partial charge in [0.25, 0.3) is 0 Å². The van der Waals surface area contributed by atoms with Gasteiger partial charge in [-0.05, 0) is 37.5 Å². The first-order chi connectivity index (χ1) is 11.6. The zero-order valence-corrected chi connectivity index (χ0v) is 14.7. The molecule has 24 heavy (non-hydrogen) atoms. The molecule has 1 amide bonds. The van der Waals surface area contributed by atoms with Crippen LogP contribution in [0.15, 0.2) is 48.5 Å². The topological polar surface area (TPSA) is 23.6 Å². The van der Waals surface area contributed by atoms with Crippen molar-refractivity contribution in [1.82, 2.24) is 4.90 Å². The van der Waals surface area contributed by atoms with Crippen LogP contribution in [0.3, 0.4) is 0 Å². The monoisotopic (exact) mass is 322 g/mol. The van der Waals surface area contributed by atoms with E-state index in [1.807, 2.05) is 4.90 Å². The van der Waals surface area contributed by atoms with Gasteiger partial charge in [-0.15, -0.1) is 0 Å². The van der Waals surface area contributed by atoms with Crippen LogP contribution in [0.4, 0.5) is 5.69 Å². The van der Waals surface area contributed by atoms with Crippen LogP contribution in [0.1, 0.15) is 23.1 Å². The van der Waals surface area contributed by atoms with Crippen LogP contribution in [-0.2, 0) is 11.2 Å². The number of rotatable bonds is 4. The van der Waals surface area contributed by atoms with Gasteiger partial charge in [0.2, 0.25) is 5.91 Å². The third kappa shape index (κ3) is 3.97. The molecule has 0 aliphatic carbocycles. The number of aryl methyl sites for hydroxylation is 3. The highest BCUT2D eigenvalue weighted by Gasteiger charge is 2.21. The maximum Gasteiger partial charge on any atom is 0.223 e. The van der Waals surface area contributed by atoms with E-state index in [0.29, 0.717) is 6.42 Å². The van der Waals surface area contributed by atoms with Gasteiger partial charge in [0.05, 0.1) is 0 Å². The summed E-state index contributed by atoms with van der Waals surface area (Å²) in [4.78, 5) is 16.9. The van der Waals surface area contributed by atoms with E-state index < -0.39 is 0 Å². The molecule has 1 fully saturated rings. The molecule has 0 saturated carbocycles. The SMILES string of the molecule is Cc1ccc(CCC(=O)N2CCN(c3ccccc3C)CC2)cc1. The summed E-state index contributed by atoms with van der Waals surface area (Å²) >= 11 is 0. The summed E-state index contributed by atoms with van der Waals surface area (Å²) in [5.41, 5.74) is 5.10. The molecule has 0 spiro atoms. The number of nitrogens with zero attached hydrogens (tertiary/aromatic N) is 2. The maximum absolute atomic E-state index is 12.5. The number of amides is 1. The lowest BCUT2D eigenvalue weighted by Crippen LogP contribution is -2.49. The predicted octanol–water partition coefficient (Wildman–Crippen LogP) is 3.58. The van der Waals surface area contributed by atoms with Crippen LogP contribution >= 0.6 is 0 Å². The highest BCUT2D eigenvalue weighted by Crippen LogP contribution is 2.21. The van der Waals surface area contributed by atoms with E-state index in [1.54, 1.807) is 0 Å². The van der Waals surface area contributed by atoms with E-state index in [4.69, 9.17) is 0 Å². The van der Waals surface area contributed by atoms with Crippen LogP contribution < -0.4 is 4.90 Å². The molecule has 0 radical (unpaired) electrons. The number of benzene rings is 2. The molecule has 1 heterocycles. The third-order valence-corrected chi connectivity index (χ3v) is 4.84. The number of carbonyl (C=O) groups is 1. The number of para-hydroxylation sites is 1. The van der Waals surface area contributed by atoms with Gasteiger partial charge >= 0.3 is 0 Å². The van der Waals surface area contributed by atoms with Crippen molar-refractivity contribution in [2.24, 2.45) is 0 Å². The smallest absolute Gasteiger partial charge is 0.223 e. The van der Waals surface area contributed by atoms with Crippen molar-refractivity contribution >= 4 is 11.6 Å². The molecule has 2 aromatic carbocycles. The molecular weight excluding hydrogens is 296 g/mol. The highest BCUT2D eigenvalue weighted by molar-refractivity contribution is 5.76. The fraction of sp³-hybridized carbons (Fsp3) is 0.381. The molecule has 0 atom stereocenters. The third-order valence-electron chi connectivity index (χ3n) is 4.84. The molecule has 1 aliphatic rings. The Kier molecular flexibility index (Phi) is 5.19. The molecule has 3 heteroatoms. The normalized spacial score (nSPS) is 14.8. The van der Waals surface area contributed by atoms with Crippen molar-refractivity contribution < 1.29 is 4.79 Å². The molecule has 0 unspecified atom stereocenters. The first-order valence-electron chi connectivity index (χ1n) is 8.77. The zero-order valence-electron chi connectivity index (χ0n) is 14.7. The lowest BCUT2D eigenvalue weighted by Gasteiger charge is -2.37. The first kappa shape index (κ1) is 16.6. The van der Waals surface area contributed by atoms with Crippen molar-refractivity contribution in [3.8, 4) is 0 Å². The lowest BCUT2D eigenvalue weighted by molar-refractivity contribution is -0.131. The number of hydrogen-bond acceptors (Lipinski definition) is 2. The molecule has 1 saturated heterocycles. The van der Waals surface area contributed by atoms with E-state index in [-0.39, 0.29) is 5.91 Å². The lowest BCUT2D eigenvalue weighted by atomic mass is 10.1. The van der Waals surface area contributed by atoms with Crippen molar-refractivity contribution in [2.45, 2.75) is 26.7 Å². The van der Waals surface area contributed by atoms with Gasteiger partial charge in [0.1, 0.15) is 0 Å². The van der Waals surface area contributed by atoms with Crippen LogP contribution in [0.25, 0.3) is 0 Å². The number of carbonyl (C=O) groups excluding carboxylic acids is 1. The quantitative estimate of drug-likeness (QED) is 0.859. The number of anilines is 1. The average molecular weight is 322 g/mol. The van der Waals surface area contributed by atoms with Gasteiger partial charge in [-0.1, -0.05) is 48.0 Å². The Morgan fingerprint density at radius 3 is 2.25 bits per heavy atom. The van der Waals surface area contributed by atoms with Gasteiger partial charge < -0.3 is 9.80 Å². The van der Waals surface area contributed by atoms with Gasteiger partial charge in [-0.3, -0.25) is 4.79 Å². The Bertz CT molecular complexity index is 685. The van der Waals surface area contributed by atoms with E-state index in [2.05, 4.69) is 67.3 Å². The first-order valence-corrected chi connectivity index (χ1v) is 8.77. The van der Waals surface area contributed by atoms with Crippen molar-refractivity contribution in [1.29, 1.82) is 0 Å². The molecule has 2 aromatic rings. The molecular formula is C21H26N2O. The van der Waals surface area contributed by atoms with Crippen LogP contribution in [0.2, 0.25) is 0 Å². The predicted molar refractivity (Wildman–Crippen MR) is 99.5 cm³/mol. The van der Waals surface area contributed by atoms with Gasteiger partial charge in [-0.25, -0.2) is 0 Å². The van der Waals surface area contributed by atoms with Gasteiger partial charge in [0.15, 0.2) is 0 Å². The van der Waals surface area contributed by atoms with Crippen LogP contribution in [0.5, 0.6) is 0 Å². The minimum atomic E-state index is 0.278. The summed E-state index contributed by atoms with van der Waals surface area (Å²) in [6, 6.07) is 16.9. The Balaban J connectivity index is 1.50.